The van der Waals surface area contributed by atoms with Crippen LogP contribution in [0.5, 0.6) is 5.88 Å². The van der Waals surface area contributed by atoms with E-state index in [0.29, 0.717) is 0 Å². The normalized spacial score (nSPS) is 26.3. The molecule has 2 aliphatic rings. The Labute approximate surface area is 150 Å². The molecule has 9 nitrogen and oxygen atoms in total. The number of carbonyl (C=O) groups excluding carboxylic acids is 2. The lowest BCUT2D eigenvalue weighted by Crippen LogP contribution is -2.59. The van der Waals surface area contributed by atoms with Crippen LogP contribution in [0.15, 0.2) is 18.3 Å². The minimum atomic E-state index is -0.944. The molecule has 26 heavy (non-hydrogen) atoms. The fraction of sp³-hybridized carbons (Fsp3) is 0.529. The first-order valence-corrected chi connectivity index (χ1v) is 8.54. The largest absolute Gasteiger partial charge is 0.481 e. The summed E-state index contributed by atoms with van der Waals surface area (Å²) < 4.78 is 5.80. The van der Waals surface area contributed by atoms with Crippen LogP contribution in [0.2, 0.25) is 0 Å². The minimum absolute atomic E-state index is 0.00616. The number of hydrogen-bond donors (Lipinski definition) is 4. The van der Waals surface area contributed by atoms with Crippen LogP contribution in [0.4, 0.5) is 4.79 Å². The van der Waals surface area contributed by atoms with Crippen LogP contribution in [0.1, 0.15) is 42.5 Å². The molecule has 0 saturated heterocycles. The van der Waals surface area contributed by atoms with Crippen LogP contribution < -0.4 is 21.1 Å². The standard InChI is InChI=1S/C17H22N4O5/c18-14(24)12-2-1-4-19-15(12)26-11-8-17(9-11)6-10(7-17)21-16(25)20-5-3-13(22)23/h1-2,4,10-11H,3,5-9H2,(H2,18,24)(H,22,23)(H2,20,21,25). The number of nitrogens with zero attached hydrogens (tertiary/aromatic N) is 1. The Balaban J connectivity index is 1.38. The highest BCUT2D eigenvalue weighted by Gasteiger charge is 2.54. The number of hydrogen-bond acceptors (Lipinski definition) is 5. The second-order valence-electron chi connectivity index (χ2n) is 7.02. The van der Waals surface area contributed by atoms with Gasteiger partial charge in [0.15, 0.2) is 0 Å². The van der Waals surface area contributed by atoms with Gasteiger partial charge >= 0.3 is 12.0 Å². The van der Waals surface area contributed by atoms with Gasteiger partial charge in [0.25, 0.3) is 5.91 Å². The van der Waals surface area contributed by atoms with Gasteiger partial charge in [-0.2, -0.15) is 0 Å². The Morgan fingerprint density at radius 3 is 2.69 bits per heavy atom. The summed E-state index contributed by atoms with van der Waals surface area (Å²) in [5.74, 6) is -1.24. The summed E-state index contributed by atoms with van der Waals surface area (Å²) in [5, 5.41) is 13.9. The molecule has 1 spiro atoms. The number of nitrogens with one attached hydrogen (secondary N) is 2. The average molecular weight is 362 g/mol. The van der Waals surface area contributed by atoms with Gasteiger partial charge in [-0.15, -0.1) is 0 Å². The molecule has 2 saturated carbocycles. The lowest BCUT2D eigenvalue weighted by molar-refractivity contribution is -0.136. The van der Waals surface area contributed by atoms with E-state index in [2.05, 4.69) is 15.6 Å². The van der Waals surface area contributed by atoms with E-state index >= 15 is 0 Å². The first-order valence-electron chi connectivity index (χ1n) is 8.54. The molecular weight excluding hydrogens is 340 g/mol. The predicted octanol–water partition coefficient (Wildman–Crippen LogP) is 0.644. The number of amides is 3. The Kier molecular flexibility index (Phi) is 4.97. The second kappa shape index (κ2) is 7.19. The molecule has 1 heterocycles. The molecule has 3 amide bonds. The number of pyridine rings is 1. The van der Waals surface area contributed by atoms with Crippen molar-refractivity contribution in [1.29, 1.82) is 0 Å². The number of aliphatic carboxylic acids is 1. The number of carboxylic acid groups (broad SMARTS) is 1. The van der Waals surface area contributed by atoms with Crippen molar-refractivity contribution in [1.82, 2.24) is 15.6 Å². The summed E-state index contributed by atoms with van der Waals surface area (Å²) in [6.07, 6.45) is 4.88. The van der Waals surface area contributed by atoms with E-state index in [-0.39, 0.29) is 48.0 Å². The molecule has 0 unspecified atom stereocenters. The Hall–Kier alpha value is -2.84. The summed E-state index contributed by atoms with van der Waals surface area (Å²) >= 11 is 0. The fourth-order valence-corrected chi connectivity index (χ4v) is 3.76. The minimum Gasteiger partial charge on any atom is -0.481 e. The number of carboxylic acids is 1. The molecular formula is C17H22N4O5. The van der Waals surface area contributed by atoms with Crippen LogP contribution in [0, 0.1) is 5.41 Å². The predicted molar refractivity (Wildman–Crippen MR) is 90.6 cm³/mol. The third kappa shape index (κ3) is 4.04. The molecule has 9 heteroatoms. The third-order valence-electron chi connectivity index (χ3n) is 4.95. The number of urea groups is 1. The number of ether oxygens (including phenoxy) is 1. The van der Waals surface area contributed by atoms with Gasteiger partial charge in [-0.05, 0) is 43.2 Å². The van der Waals surface area contributed by atoms with Crippen molar-refractivity contribution in [2.75, 3.05) is 6.54 Å². The highest BCUT2D eigenvalue weighted by atomic mass is 16.5. The first kappa shape index (κ1) is 18.0. The van der Waals surface area contributed by atoms with Gasteiger partial charge in [-0.25, -0.2) is 9.78 Å². The van der Waals surface area contributed by atoms with Gasteiger partial charge < -0.3 is 26.2 Å². The fourth-order valence-electron chi connectivity index (χ4n) is 3.76. The smallest absolute Gasteiger partial charge is 0.315 e. The molecule has 2 fully saturated rings. The number of nitrogens with two attached hydrogens (primary N) is 1. The zero-order valence-corrected chi connectivity index (χ0v) is 14.2. The van der Waals surface area contributed by atoms with Crippen LogP contribution in [0.3, 0.4) is 0 Å². The molecule has 3 rings (SSSR count). The number of rotatable bonds is 7. The monoisotopic (exact) mass is 362 g/mol. The number of primary amides is 1. The van der Waals surface area contributed by atoms with Crippen LogP contribution in [-0.2, 0) is 4.79 Å². The number of carbonyl (C=O) groups is 3. The molecule has 1 aromatic heterocycles. The molecule has 1 aromatic rings. The lowest BCUT2D eigenvalue weighted by atomic mass is 9.53. The first-order chi connectivity index (χ1) is 12.4. The van der Waals surface area contributed by atoms with E-state index in [4.69, 9.17) is 15.6 Å². The van der Waals surface area contributed by atoms with E-state index in [1.807, 2.05) is 0 Å². The molecule has 2 aliphatic carbocycles. The Morgan fingerprint density at radius 2 is 2.04 bits per heavy atom. The highest BCUT2D eigenvalue weighted by molar-refractivity contribution is 5.94. The van der Waals surface area contributed by atoms with Crippen molar-refractivity contribution in [3.8, 4) is 5.88 Å². The molecule has 0 radical (unpaired) electrons. The van der Waals surface area contributed by atoms with Crippen LogP contribution >= 0.6 is 0 Å². The van der Waals surface area contributed by atoms with Crippen molar-refractivity contribution < 1.29 is 24.2 Å². The second-order valence-corrected chi connectivity index (χ2v) is 7.02. The lowest BCUT2D eigenvalue weighted by Gasteiger charge is -2.57. The summed E-state index contributed by atoms with van der Waals surface area (Å²) in [7, 11) is 0. The van der Waals surface area contributed by atoms with E-state index in [1.165, 1.54) is 0 Å². The van der Waals surface area contributed by atoms with Gasteiger partial charge in [0.2, 0.25) is 5.88 Å². The SMILES string of the molecule is NC(=O)c1cccnc1OC1CC2(CC(NC(=O)NCCC(=O)O)C2)C1. The van der Waals surface area contributed by atoms with Crippen LogP contribution in [0.25, 0.3) is 0 Å². The maximum absolute atomic E-state index is 11.7. The zero-order valence-electron chi connectivity index (χ0n) is 14.2. The molecule has 0 aromatic carbocycles. The Bertz CT molecular complexity index is 709. The van der Waals surface area contributed by atoms with Gasteiger partial charge in [0.1, 0.15) is 11.7 Å². The van der Waals surface area contributed by atoms with Crippen LogP contribution in [-0.4, -0.2) is 46.7 Å². The van der Waals surface area contributed by atoms with Crippen molar-refractivity contribution in [3.05, 3.63) is 23.9 Å². The highest BCUT2D eigenvalue weighted by Crippen LogP contribution is 2.56. The summed E-state index contributed by atoms with van der Waals surface area (Å²) in [6, 6.07) is 2.99. The molecule has 0 bridgehead atoms. The summed E-state index contributed by atoms with van der Waals surface area (Å²) in [5.41, 5.74) is 5.77. The van der Waals surface area contributed by atoms with Crippen molar-refractivity contribution in [2.45, 2.75) is 44.2 Å². The van der Waals surface area contributed by atoms with Gasteiger partial charge in [-0.1, -0.05) is 0 Å². The van der Waals surface area contributed by atoms with Crippen molar-refractivity contribution in [2.24, 2.45) is 11.1 Å². The zero-order chi connectivity index (χ0) is 18.7. The number of aromatic nitrogens is 1. The maximum atomic E-state index is 11.7. The third-order valence-corrected chi connectivity index (χ3v) is 4.95. The quantitative estimate of drug-likeness (QED) is 0.560. The van der Waals surface area contributed by atoms with Crippen molar-refractivity contribution in [3.63, 3.8) is 0 Å². The van der Waals surface area contributed by atoms with Gasteiger partial charge in [0.05, 0.1) is 6.42 Å². The van der Waals surface area contributed by atoms with E-state index in [1.54, 1.807) is 18.3 Å². The molecule has 140 valence electrons. The van der Waals surface area contributed by atoms with E-state index in [0.717, 1.165) is 25.7 Å². The average Bonchev–Trinajstić information content (AvgIpc) is 2.50. The molecule has 0 atom stereocenters. The van der Waals surface area contributed by atoms with Gasteiger partial charge in [0, 0.05) is 18.8 Å². The topological polar surface area (TPSA) is 144 Å². The summed E-state index contributed by atoms with van der Waals surface area (Å²) in [4.78, 5) is 37.5. The molecule has 5 N–H and O–H groups in total. The Morgan fingerprint density at radius 1 is 1.31 bits per heavy atom. The molecule has 0 aliphatic heterocycles. The van der Waals surface area contributed by atoms with Gasteiger partial charge in [-0.3, -0.25) is 9.59 Å². The van der Waals surface area contributed by atoms with E-state index < -0.39 is 11.9 Å². The summed E-state index contributed by atoms with van der Waals surface area (Å²) in [6.45, 7) is 0.112. The van der Waals surface area contributed by atoms with E-state index in [9.17, 15) is 14.4 Å². The van der Waals surface area contributed by atoms with Crippen molar-refractivity contribution >= 4 is 17.9 Å². The maximum Gasteiger partial charge on any atom is 0.315 e.